The Labute approximate surface area is 109 Å². The van der Waals surface area contributed by atoms with Gasteiger partial charge in [-0.05, 0) is 42.8 Å². The fourth-order valence-corrected chi connectivity index (χ4v) is 1.96. The predicted molar refractivity (Wildman–Crippen MR) is 69.4 cm³/mol. The third kappa shape index (κ3) is 2.52. The summed E-state index contributed by atoms with van der Waals surface area (Å²) in [6.07, 6.45) is 0. The van der Waals surface area contributed by atoms with Gasteiger partial charge in [-0.1, -0.05) is 17.7 Å². The molecular formula is C14H12ClF2N. The molecule has 0 aliphatic heterocycles. The van der Waals surface area contributed by atoms with Crippen molar-refractivity contribution in [2.24, 2.45) is 5.73 Å². The molecular weight excluding hydrogens is 256 g/mol. The average molecular weight is 268 g/mol. The molecule has 0 aromatic heterocycles. The molecule has 0 aliphatic rings. The Kier molecular flexibility index (Phi) is 3.64. The lowest BCUT2D eigenvalue weighted by molar-refractivity contribution is 0.624. The second kappa shape index (κ2) is 5.04. The fraction of sp³-hybridized carbons (Fsp3) is 0.143. The van der Waals surface area contributed by atoms with Gasteiger partial charge in [-0.15, -0.1) is 0 Å². The molecule has 0 aliphatic carbocycles. The molecule has 1 atom stereocenters. The van der Waals surface area contributed by atoms with E-state index >= 15 is 0 Å². The van der Waals surface area contributed by atoms with Crippen LogP contribution in [0.25, 0.3) is 11.1 Å². The van der Waals surface area contributed by atoms with Crippen LogP contribution in [0.15, 0.2) is 36.4 Å². The molecule has 0 spiro atoms. The van der Waals surface area contributed by atoms with Gasteiger partial charge in [0.1, 0.15) is 11.6 Å². The van der Waals surface area contributed by atoms with E-state index in [9.17, 15) is 8.78 Å². The molecule has 2 N–H and O–H groups in total. The first-order valence-corrected chi connectivity index (χ1v) is 5.87. The first kappa shape index (κ1) is 13.0. The van der Waals surface area contributed by atoms with Crippen LogP contribution in [0.2, 0.25) is 5.02 Å². The van der Waals surface area contributed by atoms with Crippen LogP contribution in [0.1, 0.15) is 18.5 Å². The third-order valence-corrected chi connectivity index (χ3v) is 3.06. The molecule has 94 valence electrons. The molecule has 2 aromatic rings. The molecule has 18 heavy (non-hydrogen) atoms. The maximum absolute atomic E-state index is 13.8. The molecule has 0 bridgehead atoms. The van der Waals surface area contributed by atoms with E-state index in [-0.39, 0.29) is 11.6 Å². The summed E-state index contributed by atoms with van der Waals surface area (Å²) in [4.78, 5) is 0. The molecule has 4 heteroatoms. The van der Waals surface area contributed by atoms with Gasteiger partial charge in [-0.3, -0.25) is 0 Å². The number of hydrogen-bond donors (Lipinski definition) is 1. The van der Waals surface area contributed by atoms with Crippen molar-refractivity contribution in [1.82, 2.24) is 0 Å². The summed E-state index contributed by atoms with van der Waals surface area (Å²) in [5.74, 6) is -0.910. The van der Waals surface area contributed by atoms with E-state index in [0.29, 0.717) is 10.6 Å². The van der Waals surface area contributed by atoms with Gasteiger partial charge in [0.05, 0.1) is 0 Å². The van der Waals surface area contributed by atoms with Gasteiger partial charge in [0.25, 0.3) is 0 Å². The molecule has 0 radical (unpaired) electrons. The smallest absolute Gasteiger partial charge is 0.131 e. The first-order valence-electron chi connectivity index (χ1n) is 5.49. The van der Waals surface area contributed by atoms with Crippen molar-refractivity contribution < 1.29 is 8.78 Å². The van der Waals surface area contributed by atoms with E-state index in [4.69, 9.17) is 17.3 Å². The summed E-state index contributed by atoms with van der Waals surface area (Å²) in [6, 6.07) is 8.15. The van der Waals surface area contributed by atoms with E-state index in [1.807, 2.05) is 0 Å². The molecule has 0 saturated heterocycles. The Morgan fingerprint density at radius 3 is 2.44 bits per heavy atom. The van der Waals surface area contributed by atoms with Crippen molar-refractivity contribution >= 4 is 11.6 Å². The summed E-state index contributed by atoms with van der Waals surface area (Å²) >= 11 is 5.97. The van der Waals surface area contributed by atoms with Crippen molar-refractivity contribution in [1.29, 1.82) is 0 Å². The minimum absolute atomic E-state index is 0.225. The van der Waals surface area contributed by atoms with E-state index in [2.05, 4.69) is 0 Å². The monoisotopic (exact) mass is 267 g/mol. The molecule has 1 unspecified atom stereocenters. The van der Waals surface area contributed by atoms with Crippen LogP contribution >= 0.6 is 11.6 Å². The maximum atomic E-state index is 13.8. The van der Waals surface area contributed by atoms with Crippen molar-refractivity contribution in [3.8, 4) is 11.1 Å². The van der Waals surface area contributed by atoms with Crippen molar-refractivity contribution in [3.63, 3.8) is 0 Å². The number of benzene rings is 2. The van der Waals surface area contributed by atoms with Crippen LogP contribution < -0.4 is 5.73 Å². The van der Waals surface area contributed by atoms with Gasteiger partial charge >= 0.3 is 0 Å². The van der Waals surface area contributed by atoms with Gasteiger partial charge in [-0.25, -0.2) is 8.78 Å². The third-order valence-electron chi connectivity index (χ3n) is 2.73. The predicted octanol–water partition coefficient (Wildman–Crippen LogP) is 4.30. The first-order chi connectivity index (χ1) is 8.49. The van der Waals surface area contributed by atoms with Gasteiger partial charge in [-0.2, -0.15) is 0 Å². The summed E-state index contributed by atoms with van der Waals surface area (Å²) in [7, 11) is 0. The highest BCUT2D eigenvalue weighted by atomic mass is 35.5. The number of halogens is 3. The zero-order chi connectivity index (χ0) is 13.3. The summed E-state index contributed by atoms with van der Waals surface area (Å²) in [5, 5.41) is 0.303. The van der Waals surface area contributed by atoms with Gasteiger partial charge in [0.2, 0.25) is 0 Å². The van der Waals surface area contributed by atoms with Crippen LogP contribution in [0.4, 0.5) is 8.78 Å². The van der Waals surface area contributed by atoms with Crippen LogP contribution in [-0.2, 0) is 0 Å². The summed E-state index contributed by atoms with van der Waals surface area (Å²) < 4.78 is 27.0. The quantitative estimate of drug-likeness (QED) is 0.862. The maximum Gasteiger partial charge on any atom is 0.131 e. The molecule has 0 saturated carbocycles. The largest absolute Gasteiger partial charge is 0.324 e. The molecule has 0 heterocycles. The van der Waals surface area contributed by atoms with Crippen LogP contribution in [0, 0.1) is 11.6 Å². The summed E-state index contributed by atoms with van der Waals surface area (Å²) in [5.41, 5.74) is 7.11. The number of rotatable bonds is 2. The highest BCUT2D eigenvalue weighted by Crippen LogP contribution is 2.32. The van der Waals surface area contributed by atoms with Crippen LogP contribution in [0.3, 0.4) is 0 Å². The Morgan fingerprint density at radius 2 is 1.78 bits per heavy atom. The lowest BCUT2D eigenvalue weighted by atomic mass is 9.99. The Bertz CT molecular complexity index is 582. The second-order valence-electron chi connectivity index (χ2n) is 4.15. The SMILES string of the molecule is CC(N)c1ccc(F)c(-c2cc(F)ccc2Cl)c1. The highest BCUT2D eigenvalue weighted by Gasteiger charge is 2.12. The van der Waals surface area contributed by atoms with Crippen molar-refractivity contribution in [3.05, 3.63) is 58.6 Å². The van der Waals surface area contributed by atoms with E-state index < -0.39 is 11.6 Å². The molecule has 0 amide bonds. The minimum Gasteiger partial charge on any atom is -0.324 e. The Morgan fingerprint density at radius 1 is 1.06 bits per heavy atom. The van der Waals surface area contributed by atoms with Gasteiger partial charge < -0.3 is 5.73 Å². The summed E-state index contributed by atoms with van der Waals surface area (Å²) in [6.45, 7) is 1.80. The molecule has 1 nitrogen and oxygen atoms in total. The van der Waals surface area contributed by atoms with Gasteiger partial charge in [0.15, 0.2) is 0 Å². The zero-order valence-corrected chi connectivity index (χ0v) is 10.5. The number of hydrogen-bond acceptors (Lipinski definition) is 1. The highest BCUT2D eigenvalue weighted by molar-refractivity contribution is 6.33. The van der Waals surface area contributed by atoms with Crippen LogP contribution in [0.5, 0.6) is 0 Å². The lowest BCUT2D eigenvalue weighted by Crippen LogP contribution is -2.05. The zero-order valence-electron chi connectivity index (χ0n) is 9.75. The standard InChI is InChI=1S/C14H12ClF2N/c1-8(18)9-2-5-14(17)12(6-9)11-7-10(16)3-4-13(11)15/h2-8H,18H2,1H3. The van der Waals surface area contributed by atoms with Crippen molar-refractivity contribution in [2.75, 3.05) is 0 Å². The van der Waals surface area contributed by atoms with E-state index in [0.717, 1.165) is 5.56 Å². The minimum atomic E-state index is -0.458. The second-order valence-corrected chi connectivity index (χ2v) is 4.56. The van der Waals surface area contributed by atoms with E-state index in [1.165, 1.54) is 24.3 Å². The molecule has 2 rings (SSSR count). The number of nitrogens with two attached hydrogens (primary N) is 1. The van der Waals surface area contributed by atoms with Gasteiger partial charge in [0, 0.05) is 22.2 Å². The topological polar surface area (TPSA) is 26.0 Å². The van der Waals surface area contributed by atoms with E-state index in [1.54, 1.807) is 19.1 Å². The molecule has 0 fully saturated rings. The van der Waals surface area contributed by atoms with Crippen molar-refractivity contribution in [2.45, 2.75) is 13.0 Å². The average Bonchev–Trinajstić information content (AvgIpc) is 2.33. The molecule has 2 aromatic carbocycles. The Hall–Kier alpha value is -1.45. The fourth-order valence-electron chi connectivity index (χ4n) is 1.74. The lowest BCUT2D eigenvalue weighted by Gasteiger charge is -2.11. The Balaban J connectivity index is 2.62. The van der Waals surface area contributed by atoms with Crippen LogP contribution in [-0.4, -0.2) is 0 Å². The normalized spacial score (nSPS) is 12.5.